The second-order valence-corrected chi connectivity index (χ2v) is 5.03. The Hall–Kier alpha value is -2.57. The number of halogens is 1. The zero-order valence-corrected chi connectivity index (χ0v) is 13.4. The minimum absolute atomic E-state index is 0.0567. The van der Waals surface area contributed by atoms with Gasteiger partial charge in [0, 0.05) is 11.1 Å². The van der Waals surface area contributed by atoms with Gasteiger partial charge in [-0.3, -0.25) is 0 Å². The van der Waals surface area contributed by atoms with Crippen LogP contribution in [0.15, 0.2) is 24.3 Å². The summed E-state index contributed by atoms with van der Waals surface area (Å²) in [6, 6.07) is 6.29. The SMILES string of the molecule is COc1ccc(C=Cc2cc(CO)c(CO)c(OC)c2)c(F)c1O. The third-order valence-electron chi connectivity index (χ3n) is 3.66. The molecule has 0 saturated carbocycles. The third-order valence-corrected chi connectivity index (χ3v) is 3.66. The van der Waals surface area contributed by atoms with Gasteiger partial charge in [-0.25, -0.2) is 4.39 Å². The topological polar surface area (TPSA) is 79.2 Å². The van der Waals surface area contributed by atoms with Gasteiger partial charge in [0.1, 0.15) is 5.75 Å². The van der Waals surface area contributed by atoms with Gasteiger partial charge in [0.25, 0.3) is 0 Å². The van der Waals surface area contributed by atoms with Crippen LogP contribution in [-0.2, 0) is 13.2 Å². The Morgan fingerprint density at radius 3 is 2.29 bits per heavy atom. The number of aromatic hydroxyl groups is 1. The van der Waals surface area contributed by atoms with Crippen LogP contribution >= 0.6 is 0 Å². The Balaban J connectivity index is 2.41. The fourth-order valence-corrected chi connectivity index (χ4v) is 2.37. The van der Waals surface area contributed by atoms with Gasteiger partial charge in [-0.2, -0.15) is 0 Å². The number of aliphatic hydroxyl groups is 2. The zero-order valence-electron chi connectivity index (χ0n) is 13.4. The number of hydrogen-bond donors (Lipinski definition) is 3. The lowest BCUT2D eigenvalue weighted by atomic mass is 10.0. The van der Waals surface area contributed by atoms with Crippen LogP contribution < -0.4 is 9.47 Å². The molecule has 128 valence electrons. The van der Waals surface area contributed by atoms with Crippen molar-refractivity contribution in [1.82, 2.24) is 0 Å². The molecule has 0 saturated heterocycles. The summed E-state index contributed by atoms with van der Waals surface area (Å²) in [4.78, 5) is 0. The summed E-state index contributed by atoms with van der Waals surface area (Å²) in [5, 5.41) is 28.5. The Morgan fingerprint density at radius 1 is 1.00 bits per heavy atom. The molecule has 0 spiro atoms. The minimum atomic E-state index is -0.785. The van der Waals surface area contributed by atoms with E-state index >= 15 is 0 Å². The maximum atomic E-state index is 14.1. The number of rotatable bonds is 6. The summed E-state index contributed by atoms with van der Waals surface area (Å²) < 4.78 is 24.1. The van der Waals surface area contributed by atoms with E-state index in [1.54, 1.807) is 18.2 Å². The normalized spacial score (nSPS) is 11.0. The highest BCUT2D eigenvalue weighted by molar-refractivity contribution is 5.72. The Kier molecular flexibility index (Phi) is 5.78. The van der Waals surface area contributed by atoms with Crippen molar-refractivity contribution in [3.8, 4) is 17.2 Å². The van der Waals surface area contributed by atoms with Crippen LogP contribution in [0.1, 0.15) is 22.3 Å². The number of methoxy groups -OCH3 is 2. The van der Waals surface area contributed by atoms with Crippen molar-refractivity contribution in [1.29, 1.82) is 0 Å². The lowest BCUT2D eigenvalue weighted by Crippen LogP contribution is -1.99. The quantitative estimate of drug-likeness (QED) is 0.708. The van der Waals surface area contributed by atoms with Crippen LogP contribution in [0.3, 0.4) is 0 Å². The summed E-state index contributed by atoms with van der Waals surface area (Å²) in [6.07, 6.45) is 3.11. The molecule has 0 radical (unpaired) electrons. The van der Waals surface area contributed by atoms with Crippen LogP contribution in [0.25, 0.3) is 12.2 Å². The van der Waals surface area contributed by atoms with Crippen molar-refractivity contribution in [2.24, 2.45) is 0 Å². The number of aliphatic hydroxyl groups excluding tert-OH is 2. The molecule has 2 aromatic carbocycles. The highest BCUT2D eigenvalue weighted by Gasteiger charge is 2.12. The first kappa shape index (κ1) is 17.8. The smallest absolute Gasteiger partial charge is 0.194 e. The molecule has 2 aromatic rings. The minimum Gasteiger partial charge on any atom is -0.502 e. The fourth-order valence-electron chi connectivity index (χ4n) is 2.37. The van der Waals surface area contributed by atoms with Crippen LogP contribution in [0.4, 0.5) is 4.39 Å². The van der Waals surface area contributed by atoms with E-state index in [4.69, 9.17) is 9.47 Å². The van der Waals surface area contributed by atoms with Crippen molar-refractivity contribution in [3.05, 3.63) is 52.3 Å². The van der Waals surface area contributed by atoms with Crippen molar-refractivity contribution >= 4 is 12.2 Å². The summed E-state index contributed by atoms with van der Waals surface area (Å²) in [5.74, 6) is -0.848. The zero-order chi connectivity index (χ0) is 17.7. The number of phenolic OH excluding ortho intramolecular Hbond substituents is 1. The van der Waals surface area contributed by atoms with Crippen LogP contribution in [0.2, 0.25) is 0 Å². The maximum absolute atomic E-state index is 14.1. The summed E-state index contributed by atoms with van der Waals surface area (Å²) in [6.45, 7) is -0.518. The molecule has 6 heteroatoms. The van der Waals surface area contributed by atoms with E-state index in [1.165, 1.54) is 32.4 Å². The van der Waals surface area contributed by atoms with Gasteiger partial charge in [-0.1, -0.05) is 12.2 Å². The molecule has 0 aromatic heterocycles. The van der Waals surface area contributed by atoms with Gasteiger partial charge in [0.05, 0.1) is 27.4 Å². The molecule has 24 heavy (non-hydrogen) atoms. The summed E-state index contributed by atoms with van der Waals surface area (Å²) >= 11 is 0. The number of phenols is 1. The van der Waals surface area contributed by atoms with E-state index in [9.17, 15) is 19.7 Å². The molecule has 0 amide bonds. The van der Waals surface area contributed by atoms with Crippen molar-refractivity contribution < 1.29 is 29.2 Å². The predicted octanol–water partition coefficient (Wildman–Crippen LogP) is 2.70. The molecular formula is C18H19FO5. The first-order valence-electron chi connectivity index (χ1n) is 7.20. The van der Waals surface area contributed by atoms with E-state index < -0.39 is 11.6 Å². The standard InChI is InChI=1S/C18H19FO5/c1-23-15-6-5-12(17(19)18(15)22)4-3-11-7-13(9-20)14(10-21)16(8-11)24-2/h3-8,20-22H,9-10H2,1-2H3. The lowest BCUT2D eigenvalue weighted by molar-refractivity contribution is 0.254. The highest BCUT2D eigenvalue weighted by Crippen LogP contribution is 2.32. The molecular weight excluding hydrogens is 315 g/mol. The first-order valence-corrected chi connectivity index (χ1v) is 7.20. The molecule has 0 heterocycles. The molecule has 0 aliphatic rings. The Bertz CT molecular complexity index is 730. The van der Waals surface area contributed by atoms with Gasteiger partial charge in [-0.15, -0.1) is 0 Å². The molecule has 0 fully saturated rings. The van der Waals surface area contributed by atoms with Crippen molar-refractivity contribution in [2.45, 2.75) is 13.2 Å². The summed E-state index contributed by atoms with van der Waals surface area (Å²) in [7, 11) is 2.81. The van der Waals surface area contributed by atoms with Gasteiger partial charge < -0.3 is 24.8 Å². The maximum Gasteiger partial charge on any atom is 0.194 e. The monoisotopic (exact) mass is 334 g/mol. The van der Waals surface area contributed by atoms with E-state index in [0.717, 1.165) is 0 Å². The van der Waals surface area contributed by atoms with Crippen molar-refractivity contribution in [2.75, 3.05) is 14.2 Å². The Labute approximate surface area is 139 Å². The molecule has 0 aliphatic heterocycles. The average molecular weight is 334 g/mol. The number of hydrogen-bond acceptors (Lipinski definition) is 5. The molecule has 5 nitrogen and oxygen atoms in total. The largest absolute Gasteiger partial charge is 0.502 e. The molecule has 0 aliphatic carbocycles. The summed E-state index contributed by atoms with van der Waals surface area (Å²) in [5.41, 5.74) is 1.87. The third kappa shape index (κ3) is 3.50. The van der Waals surface area contributed by atoms with Crippen LogP contribution in [-0.4, -0.2) is 29.5 Å². The van der Waals surface area contributed by atoms with E-state index in [0.29, 0.717) is 22.4 Å². The second-order valence-electron chi connectivity index (χ2n) is 5.03. The van der Waals surface area contributed by atoms with Gasteiger partial charge in [0.15, 0.2) is 17.3 Å². The van der Waals surface area contributed by atoms with Crippen LogP contribution in [0, 0.1) is 5.82 Å². The number of benzene rings is 2. The average Bonchev–Trinajstić information content (AvgIpc) is 2.61. The molecule has 0 unspecified atom stereocenters. The predicted molar refractivity (Wildman–Crippen MR) is 88.4 cm³/mol. The van der Waals surface area contributed by atoms with E-state index in [2.05, 4.69) is 0 Å². The van der Waals surface area contributed by atoms with Crippen LogP contribution in [0.5, 0.6) is 17.2 Å². The lowest BCUT2D eigenvalue weighted by Gasteiger charge is -2.12. The molecule has 0 bridgehead atoms. The fraction of sp³-hybridized carbons (Fsp3) is 0.222. The molecule has 0 atom stereocenters. The van der Waals surface area contributed by atoms with Crippen molar-refractivity contribution in [3.63, 3.8) is 0 Å². The number of ether oxygens (including phenoxy) is 2. The molecule has 3 N–H and O–H groups in total. The second kappa shape index (κ2) is 7.81. The van der Waals surface area contributed by atoms with E-state index in [-0.39, 0.29) is 24.5 Å². The Morgan fingerprint density at radius 2 is 1.71 bits per heavy atom. The molecule has 2 rings (SSSR count). The van der Waals surface area contributed by atoms with E-state index in [1.807, 2.05) is 0 Å². The van der Waals surface area contributed by atoms with Gasteiger partial charge >= 0.3 is 0 Å². The van der Waals surface area contributed by atoms with Gasteiger partial charge in [0.2, 0.25) is 0 Å². The highest BCUT2D eigenvalue weighted by atomic mass is 19.1. The first-order chi connectivity index (χ1) is 11.5. The van der Waals surface area contributed by atoms with Gasteiger partial charge in [-0.05, 0) is 35.4 Å².